The summed E-state index contributed by atoms with van der Waals surface area (Å²) in [6, 6.07) is 11.1. The second-order valence-corrected chi connectivity index (χ2v) is 6.17. The second-order valence-electron chi connectivity index (χ2n) is 6.17. The number of nitrogens with two attached hydrogens (primary N) is 1. The minimum absolute atomic E-state index is 0.202. The first kappa shape index (κ1) is 13.6. The molecule has 20 heavy (non-hydrogen) atoms. The standard InChI is InChI=1S/C16H23N3O/c17-16(20)12-19-10-14-6-7-15(19)11-18(9-14)8-13-4-2-1-3-5-13/h1-5,14-15H,6-12H2,(H2,17,20)/t14-,15+/m1/s1. The number of hydrogen-bond acceptors (Lipinski definition) is 3. The van der Waals surface area contributed by atoms with Gasteiger partial charge in [0.15, 0.2) is 0 Å². The Bertz CT molecular complexity index is 462. The molecule has 0 aliphatic carbocycles. The van der Waals surface area contributed by atoms with Gasteiger partial charge in [-0.1, -0.05) is 30.3 Å². The number of amides is 1. The van der Waals surface area contributed by atoms with Gasteiger partial charge in [0.05, 0.1) is 6.54 Å². The van der Waals surface area contributed by atoms with Crippen LogP contribution in [0.25, 0.3) is 0 Å². The predicted molar refractivity (Wildman–Crippen MR) is 79.0 cm³/mol. The van der Waals surface area contributed by atoms with Crippen molar-refractivity contribution in [1.82, 2.24) is 9.80 Å². The quantitative estimate of drug-likeness (QED) is 0.892. The van der Waals surface area contributed by atoms with Gasteiger partial charge in [0.1, 0.15) is 0 Å². The minimum Gasteiger partial charge on any atom is -0.369 e. The minimum atomic E-state index is -0.202. The van der Waals surface area contributed by atoms with E-state index in [4.69, 9.17) is 5.73 Å². The summed E-state index contributed by atoms with van der Waals surface area (Å²) < 4.78 is 0. The molecule has 1 aromatic rings. The molecule has 0 saturated carbocycles. The molecule has 108 valence electrons. The summed E-state index contributed by atoms with van der Waals surface area (Å²) in [5, 5.41) is 0. The van der Waals surface area contributed by atoms with Crippen LogP contribution in [-0.4, -0.2) is 47.9 Å². The summed E-state index contributed by atoms with van der Waals surface area (Å²) in [4.78, 5) is 16.0. The number of rotatable bonds is 4. The zero-order valence-corrected chi connectivity index (χ0v) is 11.9. The molecule has 3 aliphatic rings. The number of piperidine rings is 1. The molecular formula is C16H23N3O. The molecular weight excluding hydrogens is 250 g/mol. The van der Waals surface area contributed by atoms with E-state index in [1.165, 1.54) is 18.4 Å². The Labute approximate surface area is 120 Å². The Morgan fingerprint density at radius 1 is 1.15 bits per heavy atom. The van der Waals surface area contributed by atoms with E-state index in [9.17, 15) is 4.79 Å². The lowest BCUT2D eigenvalue weighted by molar-refractivity contribution is -0.120. The van der Waals surface area contributed by atoms with Crippen molar-refractivity contribution in [2.24, 2.45) is 11.7 Å². The fraction of sp³-hybridized carbons (Fsp3) is 0.562. The third kappa shape index (κ3) is 3.19. The summed E-state index contributed by atoms with van der Waals surface area (Å²) in [6.07, 6.45) is 2.48. The molecule has 0 aromatic heterocycles. The number of hydrogen-bond donors (Lipinski definition) is 1. The molecule has 3 aliphatic heterocycles. The van der Waals surface area contributed by atoms with Crippen LogP contribution in [0.15, 0.2) is 30.3 Å². The molecule has 3 fully saturated rings. The van der Waals surface area contributed by atoms with Gasteiger partial charge in [0.25, 0.3) is 0 Å². The van der Waals surface area contributed by atoms with Crippen LogP contribution >= 0.6 is 0 Å². The molecule has 0 unspecified atom stereocenters. The van der Waals surface area contributed by atoms with Crippen LogP contribution < -0.4 is 5.73 Å². The van der Waals surface area contributed by atoms with Crippen LogP contribution in [-0.2, 0) is 11.3 Å². The molecule has 0 spiro atoms. The molecule has 4 rings (SSSR count). The van der Waals surface area contributed by atoms with Gasteiger partial charge in [-0.2, -0.15) is 0 Å². The first-order chi connectivity index (χ1) is 9.70. The summed E-state index contributed by atoms with van der Waals surface area (Å²) >= 11 is 0. The van der Waals surface area contributed by atoms with Crippen LogP contribution in [0.1, 0.15) is 18.4 Å². The first-order valence-corrected chi connectivity index (χ1v) is 7.49. The fourth-order valence-corrected chi connectivity index (χ4v) is 3.64. The lowest BCUT2D eigenvalue weighted by Gasteiger charge is -2.35. The highest BCUT2D eigenvalue weighted by Gasteiger charge is 2.35. The molecule has 1 aromatic carbocycles. The summed E-state index contributed by atoms with van der Waals surface area (Å²) in [5.74, 6) is 0.476. The van der Waals surface area contributed by atoms with Crippen molar-refractivity contribution in [2.45, 2.75) is 25.4 Å². The normalized spacial score (nSPS) is 27.4. The van der Waals surface area contributed by atoms with Gasteiger partial charge in [-0.15, -0.1) is 0 Å². The number of primary amides is 1. The highest BCUT2D eigenvalue weighted by molar-refractivity contribution is 5.76. The molecule has 0 radical (unpaired) electrons. The molecule has 3 heterocycles. The van der Waals surface area contributed by atoms with Gasteiger partial charge >= 0.3 is 0 Å². The number of carbonyl (C=O) groups is 1. The van der Waals surface area contributed by atoms with Gasteiger partial charge in [0.2, 0.25) is 5.91 Å². The van der Waals surface area contributed by atoms with E-state index in [1.807, 2.05) is 0 Å². The molecule has 3 saturated heterocycles. The number of fused-ring (bicyclic) bond motifs is 4. The molecule has 2 bridgehead atoms. The third-order valence-electron chi connectivity index (χ3n) is 4.51. The van der Waals surface area contributed by atoms with E-state index in [0.29, 0.717) is 18.5 Å². The lowest BCUT2D eigenvalue weighted by Crippen LogP contribution is -2.47. The van der Waals surface area contributed by atoms with Gasteiger partial charge in [-0.05, 0) is 24.3 Å². The smallest absolute Gasteiger partial charge is 0.231 e. The summed E-state index contributed by atoms with van der Waals surface area (Å²) in [7, 11) is 0. The third-order valence-corrected chi connectivity index (χ3v) is 4.51. The highest BCUT2D eigenvalue weighted by atomic mass is 16.1. The Morgan fingerprint density at radius 3 is 2.70 bits per heavy atom. The number of benzene rings is 1. The Hall–Kier alpha value is -1.39. The van der Waals surface area contributed by atoms with E-state index in [-0.39, 0.29) is 5.91 Å². The number of nitrogens with zero attached hydrogens (tertiary/aromatic N) is 2. The molecule has 2 atom stereocenters. The van der Waals surface area contributed by atoms with Gasteiger partial charge in [0, 0.05) is 32.2 Å². The zero-order chi connectivity index (χ0) is 13.9. The van der Waals surface area contributed by atoms with Crippen LogP contribution in [0.5, 0.6) is 0 Å². The lowest BCUT2D eigenvalue weighted by atomic mass is 9.95. The molecule has 1 amide bonds. The van der Waals surface area contributed by atoms with E-state index in [2.05, 4.69) is 40.1 Å². The average Bonchev–Trinajstić information content (AvgIpc) is 2.69. The van der Waals surface area contributed by atoms with Crippen molar-refractivity contribution >= 4 is 5.91 Å². The molecule has 2 N–H and O–H groups in total. The van der Waals surface area contributed by atoms with E-state index < -0.39 is 0 Å². The van der Waals surface area contributed by atoms with Crippen molar-refractivity contribution in [2.75, 3.05) is 26.2 Å². The Kier molecular flexibility index (Phi) is 4.03. The van der Waals surface area contributed by atoms with Crippen molar-refractivity contribution < 1.29 is 4.79 Å². The Balaban J connectivity index is 1.66. The van der Waals surface area contributed by atoms with Crippen molar-refractivity contribution in [1.29, 1.82) is 0 Å². The molecule has 4 heteroatoms. The van der Waals surface area contributed by atoms with Crippen molar-refractivity contribution in [3.8, 4) is 0 Å². The highest BCUT2D eigenvalue weighted by Crippen LogP contribution is 2.28. The van der Waals surface area contributed by atoms with Crippen LogP contribution in [0, 0.1) is 5.92 Å². The van der Waals surface area contributed by atoms with Crippen LogP contribution in [0.2, 0.25) is 0 Å². The SMILES string of the molecule is NC(=O)CN1C[C@@H]2CC[C@H]1CN(Cc1ccccc1)C2. The maximum absolute atomic E-state index is 11.2. The average molecular weight is 273 g/mol. The first-order valence-electron chi connectivity index (χ1n) is 7.49. The second kappa shape index (κ2) is 5.94. The maximum Gasteiger partial charge on any atom is 0.231 e. The largest absolute Gasteiger partial charge is 0.369 e. The number of carbonyl (C=O) groups excluding carboxylic acids is 1. The molecule has 4 nitrogen and oxygen atoms in total. The summed E-state index contributed by atoms with van der Waals surface area (Å²) in [5.41, 5.74) is 6.74. The van der Waals surface area contributed by atoms with Crippen molar-refractivity contribution in [3.63, 3.8) is 0 Å². The predicted octanol–water partition coefficient (Wildman–Crippen LogP) is 1.07. The van der Waals surface area contributed by atoms with Crippen molar-refractivity contribution in [3.05, 3.63) is 35.9 Å². The maximum atomic E-state index is 11.2. The van der Waals surface area contributed by atoms with Crippen LogP contribution in [0.3, 0.4) is 0 Å². The topological polar surface area (TPSA) is 49.6 Å². The van der Waals surface area contributed by atoms with Crippen LogP contribution in [0.4, 0.5) is 0 Å². The van der Waals surface area contributed by atoms with Gasteiger partial charge in [-0.3, -0.25) is 14.6 Å². The van der Waals surface area contributed by atoms with Gasteiger partial charge in [-0.25, -0.2) is 0 Å². The summed E-state index contributed by atoms with van der Waals surface area (Å²) in [6.45, 7) is 4.65. The van der Waals surface area contributed by atoms with E-state index in [1.54, 1.807) is 0 Å². The van der Waals surface area contributed by atoms with Gasteiger partial charge < -0.3 is 5.73 Å². The fourth-order valence-electron chi connectivity index (χ4n) is 3.64. The Morgan fingerprint density at radius 2 is 1.95 bits per heavy atom. The monoisotopic (exact) mass is 273 g/mol. The zero-order valence-electron chi connectivity index (χ0n) is 11.9. The van der Waals surface area contributed by atoms with E-state index in [0.717, 1.165) is 26.2 Å². The van der Waals surface area contributed by atoms with E-state index >= 15 is 0 Å².